The van der Waals surface area contributed by atoms with E-state index in [0.29, 0.717) is 6.54 Å². The second kappa shape index (κ2) is 4.68. The number of carbonyl (C=O) groups is 2. The van der Waals surface area contributed by atoms with Gasteiger partial charge in [0.05, 0.1) is 5.92 Å². The molecule has 2 rings (SSSR count). The van der Waals surface area contributed by atoms with Gasteiger partial charge in [-0.3, -0.25) is 9.59 Å². The zero-order valence-corrected chi connectivity index (χ0v) is 10.0. The number of phenols is 1. The van der Waals surface area contributed by atoms with Gasteiger partial charge in [-0.15, -0.1) is 0 Å². The van der Waals surface area contributed by atoms with Crippen molar-refractivity contribution in [2.75, 3.05) is 13.1 Å². The normalized spacial score (nSPS) is 23.1. The first-order valence-electron chi connectivity index (χ1n) is 5.76. The van der Waals surface area contributed by atoms with Gasteiger partial charge in [0.25, 0.3) is 0 Å². The summed E-state index contributed by atoms with van der Waals surface area (Å²) < 4.78 is 0. The number of amides is 1. The zero-order chi connectivity index (χ0) is 13.3. The van der Waals surface area contributed by atoms with Gasteiger partial charge in [-0.05, 0) is 17.7 Å². The van der Waals surface area contributed by atoms with Crippen LogP contribution in [0, 0.1) is 5.92 Å². The van der Waals surface area contributed by atoms with Gasteiger partial charge >= 0.3 is 5.97 Å². The number of phenolic OH excluding ortho intramolecular Hbond substituents is 1. The molecule has 1 fully saturated rings. The summed E-state index contributed by atoms with van der Waals surface area (Å²) in [5.74, 6) is -1.80. The van der Waals surface area contributed by atoms with E-state index in [2.05, 4.69) is 0 Å². The third-order valence-corrected chi connectivity index (χ3v) is 3.38. The summed E-state index contributed by atoms with van der Waals surface area (Å²) >= 11 is 0. The summed E-state index contributed by atoms with van der Waals surface area (Å²) in [6.45, 7) is 2.05. The van der Waals surface area contributed by atoms with Crippen molar-refractivity contribution in [3.8, 4) is 5.75 Å². The molecule has 1 aromatic carbocycles. The lowest BCUT2D eigenvalue weighted by Gasteiger charge is -2.15. The molecule has 0 radical (unpaired) electrons. The maximum Gasteiger partial charge on any atom is 0.308 e. The summed E-state index contributed by atoms with van der Waals surface area (Å²) in [5, 5.41) is 18.7. The number of carboxylic acids is 1. The fraction of sp³-hybridized carbons (Fsp3) is 0.385. The van der Waals surface area contributed by atoms with Gasteiger partial charge in [-0.1, -0.05) is 12.1 Å². The number of aliphatic carboxylic acids is 1. The molecule has 1 aromatic rings. The second-order valence-corrected chi connectivity index (χ2v) is 4.57. The highest BCUT2D eigenvalue weighted by Crippen LogP contribution is 2.34. The number of aromatic hydroxyl groups is 1. The van der Waals surface area contributed by atoms with Gasteiger partial charge in [0.15, 0.2) is 0 Å². The van der Waals surface area contributed by atoms with E-state index < -0.39 is 11.9 Å². The lowest BCUT2D eigenvalue weighted by Crippen LogP contribution is -2.27. The van der Waals surface area contributed by atoms with Crippen molar-refractivity contribution in [2.45, 2.75) is 12.8 Å². The molecule has 2 N–H and O–H groups in total. The molecule has 1 amide bonds. The highest BCUT2D eigenvalue weighted by atomic mass is 16.4. The van der Waals surface area contributed by atoms with Crippen LogP contribution in [-0.2, 0) is 9.59 Å². The fourth-order valence-electron chi connectivity index (χ4n) is 2.40. The Morgan fingerprint density at radius 1 is 1.33 bits per heavy atom. The van der Waals surface area contributed by atoms with E-state index in [4.69, 9.17) is 0 Å². The highest BCUT2D eigenvalue weighted by Gasteiger charge is 2.39. The van der Waals surface area contributed by atoms with Crippen LogP contribution < -0.4 is 0 Å². The molecule has 0 saturated carbocycles. The first-order chi connectivity index (χ1) is 8.49. The molecular weight excluding hydrogens is 234 g/mol. The summed E-state index contributed by atoms with van der Waals surface area (Å²) in [4.78, 5) is 24.1. The minimum atomic E-state index is -0.910. The lowest BCUT2D eigenvalue weighted by molar-refractivity contribution is -0.141. The minimum absolute atomic E-state index is 0.109. The monoisotopic (exact) mass is 249 g/mol. The van der Waals surface area contributed by atoms with E-state index in [1.807, 2.05) is 0 Å². The molecule has 0 bridgehead atoms. The molecule has 1 aliphatic heterocycles. The molecule has 0 spiro atoms. The molecular formula is C13H15NO4. The van der Waals surface area contributed by atoms with Gasteiger partial charge in [0.2, 0.25) is 5.91 Å². The Kier molecular flexibility index (Phi) is 3.23. The Balaban J connectivity index is 2.30. The van der Waals surface area contributed by atoms with Crippen molar-refractivity contribution < 1.29 is 19.8 Å². The number of carbonyl (C=O) groups excluding carboxylic acids is 1. The largest absolute Gasteiger partial charge is 0.508 e. The van der Waals surface area contributed by atoms with E-state index in [-0.39, 0.29) is 24.1 Å². The van der Waals surface area contributed by atoms with Crippen molar-refractivity contribution in [1.82, 2.24) is 4.90 Å². The number of rotatable bonds is 2. The highest BCUT2D eigenvalue weighted by molar-refractivity contribution is 5.78. The minimum Gasteiger partial charge on any atom is -0.508 e. The van der Waals surface area contributed by atoms with E-state index in [1.54, 1.807) is 18.2 Å². The molecule has 5 heteroatoms. The molecule has 1 saturated heterocycles. The van der Waals surface area contributed by atoms with Crippen LogP contribution in [0.1, 0.15) is 18.4 Å². The maximum atomic E-state index is 11.3. The molecule has 18 heavy (non-hydrogen) atoms. The molecule has 1 heterocycles. The van der Waals surface area contributed by atoms with Crippen LogP contribution >= 0.6 is 0 Å². The first kappa shape index (κ1) is 12.4. The maximum absolute atomic E-state index is 11.3. The molecule has 5 nitrogen and oxygen atoms in total. The molecule has 96 valence electrons. The van der Waals surface area contributed by atoms with E-state index in [9.17, 15) is 19.8 Å². The van der Waals surface area contributed by atoms with Crippen LogP contribution in [0.25, 0.3) is 0 Å². The summed E-state index contributed by atoms with van der Waals surface area (Å²) in [6, 6.07) is 6.56. The summed E-state index contributed by atoms with van der Waals surface area (Å²) in [5.41, 5.74) is 0.756. The van der Waals surface area contributed by atoms with Crippen molar-refractivity contribution in [2.24, 2.45) is 5.92 Å². The average Bonchev–Trinajstić information content (AvgIpc) is 2.73. The van der Waals surface area contributed by atoms with Crippen LogP contribution in [0.2, 0.25) is 0 Å². The van der Waals surface area contributed by atoms with E-state index in [1.165, 1.54) is 17.9 Å². The number of hydrogen-bond donors (Lipinski definition) is 2. The van der Waals surface area contributed by atoms with Crippen LogP contribution in [-0.4, -0.2) is 40.1 Å². The third kappa shape index (κ3) is 2.30. The van der Waals surface area contributed by atoms with Gasteiger partial charge < -0.3 is 15.1 Å². The molecule has 1 aliphatic rings. The smallest absolute Gasteiger partial charge is 0.308 e. The first-order valence-corrected chi connectivity index (χ1v) is 5.76. The molecule has 2 atom stereocenters. The average molecular weight is 249 g/mol. The van der Waals surface area contributed by atoms with Crippen molar-refractivity contribution in [3.05, 3.63) is 29.8 Å². The molecule has 0 aromatic heterocycles. The SMILES string of the molecule is CC(=O)N1C[C@H](C(=O)O)[C@@H](c2cccc(O)c2)C1. The quantitative estimate of drug-likeness (QED) is 0.821. The van der Waals surface area contributed by atoms with Crippen molar-refractivity contribution in [1.29, 1.82) is 0 Å². The van der Waals surface area contributed by atoms with E-state index in [0.717, 1.165) is 5.56 Å². The van der Waals surface area contributed by atoms with Crippen LogP contribution in [0.5, 0.6) is 5.75 Å². The van der Waals surface area contributed by atoms with Gasteiger partial charge in [0.1, 0.15) is 5.75 Å². The van der Waals surface area contributed by atoms with Crippen molar-refractivity contribution >= 4 is 11.9 Å². The number of carboxylic acid groups (broad SMARTS) is 1. The Labute approximate surface area is 105 Å². The Bertz CT molecular complexity index is 486. The lowest BCUT2D eigenvalue weighted by atomic mass is 9.89. The van der Waals surface area contributed by atoms with Gasteiger partial charge in [0, 0.05) is 25.9 Å². The second-order valence-electron chi connectivity index (χ2n) is 4.57. The topological polar surface area (TPSA) is 77.8 Å². The zero-order valence-electron chi connectivity index (χ0n) is 10.0. The number of nitrogens with zero attached hydrogens (tertiary/aromatic N) is 1. The van der Waals surface area contributed by atoms with Crippen LogP contribution in [0.4, 0.5) is 0 Å². The Morgan fingerprint density at radius 3 is 2.61 bits per heavy atom. The number of benzene rings is 1. The number of hydrogen-bond acceptors (Lipinski definition) is 3. The van der Waals surface area contributed by atoms with Crippen molar-refractivity contribution in [3.63, 3.8) is 0 Å². The van der Waals surface area contributed by atoms with Crippen LogP contribution in [0.15, 0.2) is 24.3 Å². The predicted molar refractivity (Wildman–Crippen MR) is 64.2 cm³/mol. The van der Waals surface area contributed by atoms with Crippen LogP contribution in [0.3, 0.4) is 0 Å². The Hall–Kier alpha value is -2.04. The van der Waals surface area contributed by atoms with Gasteiger partial charge in [-0.2, -0.15) is 0 Å². The third-order valence-electron chi connectivity index (χ3n) is 3.38. The Morgan fingerprint density at radius 2 is 2.06 bits per heavy atom. The number of likely N-dealkylation sites (tertiary alicyclic amines) is 1. The summed E-state index contributed by atoms with van der Waals surface area (Å²) in [7, 11) is 0. The fourth-order valence-corrected chi connectivity index (χ4v) is 2.40. The standard InChI is InChI=1S/C13H15NO4/c1-8(15)14-6-11(12(7-14)13(17)18)9-3-2-4-10(16)5-9/h2-5,11-12,16H,6-7H2,1H3,(H,17,18)/t11-,12+/m1/s1. The van der Waals surface area contributed by atoms with Gasteiger partial charge in [-0.25, -0.2) is 0 Å². The predicted octanol–water partition coefficient (Wildman–Crippen LogP) is 1.04. The molecule has 0 aliphatic carbocycles. The molecule has 0 unspecified atom stereocenters. The van der Waals surface area contributed by atoms with E-state index >= 15 is 0 Å². The summed E-state index contributed by atoms with van der Waals surface area (Å²) in [6.07, 6.45) is 0.